The molecule has 0 radical (unpaired) electrons. The molecule has 138 valence electrons. The minimum absolute atomic E-state index is 0.135. The molecule has 0 unspecified atom stereocenters. The number of carbonyl (C=O) groups excluding carboxylic acids is 2. The van der Waals surface area contributed by atoms with Crippen LogP contribution in [0, 0.1) is 0 Å². The third-order valence-corrected chi connectivity index (χ3v) is 4.02. The average molecular weight is 367 g/mol. The second-order valence-electron chi connectivity index (χ2n) is 5.65. The van der Waals surface area contributed by atoms with Crippen LogP contribution in [0.4, 0.5) is 0 Å². The lowest BCUT2D eigenvalue weighted by Crippen LogP contribution is -2.20. The first-order chi connectivity index (χ1) is 13.0. The van der Waals surface area contributed by atoms with Crippen LogP contribution in [0.3, 0.4) is 0 Å². The molecule has 0 saturated carbocycles. The molecule has 7 nitrogen and oxygen atoms in total. The van der Waals surface area contributed by atoms with Crippen molar-refractivity contribution in [2.45, 2.75) is 6.54 Å². The maximum absolute atomic E-state index is 12.6. The number of esters is 1. The number of carbonyl (C=O) groups is 2. The van der Waals surface area contributed by atoms with Gasteiger partial charge in [0.15, 0.2) is 11.4 Å². The van der Waals surface area contributed by atoms with Gasteiger partial charge >= 0.3 is 11.7 Å². The molecule has 0 N–H and O–H groups in total. The van der Waals surface area contributed by atoms with Crippen LogP contribution in [-0.4, -0.2) is 30.5 Å². The summed E-state index contributed by atoms with van der Waals surface area (Å²) in [5, 5.41) is 0. The highest BCUT2D eigenvalue weighted by atomic mass is 16.5. The number of ketones is 1. The standard InChI is InChI=1S/C20H17NO6/c1-25-14-9-6-13(7-10-14)8-11-17(22)15-4-3-5-16-19(15)27-20(24)21(16)12-18(23)26-2/h3-11H,12H2,1-2H3/b11-8+. The first-order valence-corrected chi connectivity index (χ1v) is 8.09. The van der Waals surface area contributed by atoms with Crippen molar-refractivity contribution in [3.63, 3.8) is 0 Å². The predicted octanol–water partition coefficient (Wildman–Crippen LogP) is 2.67. The summed E-state index contributed by atoms with van der Waals surface area (Å²) in [5.41, 5.74) is 1.55. The van der Waals surface area contributed by atoms with Crippen molar-refractivity contribution < 1.29 is 23.5 Å². The molecular weight excluding hydrogens is 350 g/mol. The molecule has 0 amide bonds. The van der Waals surface area contributed by atoms with Crippen LogP contribution in [0.2, 0.25) is 0 Å². The lowest BCUT2D eigenvalue weighted by atomic mass is 10.1. The Morgan fingerprint density at radius 1 is 1.11 bits per heavy atom. The minimum Gasteiger partial charge on any atom is -0.497 e. The number of para-hydroxylation sites is 1. The highest BCUT2D eigenvalue weighted by molar-refractivity contribution is 6.13. The van der Waals surface area contributed by atoms with Crippen LogP contribution < -0.4 is 10.5 Å². The van der Waals surface area contributed by atoms with Gasteiger partial charge in [-0.15, -0.1) is 0 Å². The van der Waals surface area contributed by atoms with E-state index in [1.807, 2.05) is 12.1 Å². The van der Waals surface area contributed by atoms with Gasteiger partial charge in [0.25, 0.3) is 0 Å². The van der Waals surface area contributed by atoms with E-state index >= 15 is 0 Å². The van der Waals surface area contributed by atoms with E-state index in [0.29, 0.717) is 5.52 Å². The highest BCUT2D eigenvalue weighted by Crippen LogP contribution is 2.20. The van der Waals surface area contributed by atoms with Gasteiger partial charge < -0.3 is 13.9 Å². The highest BCUT2D eigenvalue weighted by Gasteiger charge is 2.17. The lowest BCUT2D eigenvalue weighted by molar-refractivity contribution is -0.141. The SMILES string of the molecule is COC(=O)Cn1c(=O)oc2c(C(=O)/C=C/c3ccc(OC)cc3)cccc21. The fourth-order valence-corrected chi connectivity index (χ4v) is 2.60. The Morgan fingerprint density at radius 3 is 2.52 bits per heavy atom. The predicted molar refractivity (Wildman–Crippen MR) is 98.8 cm³/mol. The van der Waals surface area contributed by atoms with E-state index in [4.69, 9.17) is 9.15 Å². The van der Waals surface area contributed by atoms with E-state index < -0.39 is 11.7 Å². The first kappa shape index (κ1) is 18.2. The van der Waals surface area contributed by atoms with Crippen molar-refractivity contribution in [3.05, 3.63) is 70.2 Å². The molecule has 0 aliphatic carbocycles. The molecule has 3 rings (SSSR count). The largest absolute Gasteiger partial charge is 0.497 e. The second-order valence-corrected chi connectivity index (χ2v) is 5.65. The van der Waals surface area contributed by atoms with Crippen molar-refractivity contribution in [1.82, 2.24) is 4.57 Å². The molecule has 7 heteroatoms. The van der Waals surface area contributed by atoms with E-state index in [2.05, 4.69) is 4.74 Å². The number of hydrogen-bond donors (Lipinski definition) is 0. The summed E-state index contributed by atoms with van der Waals surface area (Å²) in [6.07, 6.45) is 3.05. The molecule has 1 aromatic heterocycles. The zero-order valence-electron chi connectivity index (χ0n) is 14.8. The van der Waals surface area contributed by atoms with Crippen LogP contribution in [0.15, 0.2) is 57.8 Å². The smallest absolute Gasteiger partial charge is 0.420 e. The number of benzene rings is 2. The van der Waals surface area contributed by atoms with Crippen molar-refractivity contribution in [2.24, 2.45) is 0 Å². The zero-order chi connectivity index (χ0) is 19.4. The Kier molecular flexibility index (Phi) is 5.21. The Morgan fingerprint density at radius 2 is 1.85 bits per heavy atom. The van der Waals surface area contributed by atoms with Gasteiger partial charge in [0, 0.05) is 0 Å². The van der Waals surface area contributed by atoms with Crippen LogP contribution >= 0.6 is 0 Å². The fraction of sp³-hybridized carbons (Fsp3) is 0.150. The van der Waals surface area contributed by atoms with Gasteiger partial charge in [-0.25, -0.2) is 4.79 Å². The number of fused-ring (bicyclic) bond motifs is 1. The minimum atomic E-state index is -0.727. The van der Waals surface area contributed by atoms with Crippen molar-refractivity contribution in [3.8, 4) is 5.75 Å². The summed E-state index contributed by atoms with van der Waals surface area (Å²) in [6.45, 7) is -0.290. The third-order valence-electron chi connectivity index (χ3n) is 4.02. The molecule has 2 aromatic carbocycles. The molecule has 0 bridgehead atoms. The fourth-order valence-electron chi connectivity index (χ4n) is 2.60. The molecule has 0 fully saturated rings. The van der Waals surface area contributed by atoms with E-state index in [1.54, 1.807) is 43.5 Å². The number of allylic oxidation sites excluding steroid dienone is 1. The summed E-state index contributed by atoms with van der Waals surface area (Å²) in [5.74, 6) is -0.918. The molecule has 1 heterocycles. The van der Waals surface area contributed by atoms with E-state index in [1.165, 1.54) is 13.2 Å². The lowest BCUT2D eigenvalue weighted by Gasteiger charge is -2.01. The molecular formula is C20H17NO6. The molecule has 3 aromatic rings. The van der Waals surface area contributed by atoms with Gasteiger partial charge in [-0.2, -0.15) is 0 Å². The molecule has 0 spiro atoms. The summed E-state index contributed by atoms with van der Waals surface area (Å²) < 4.78 is 16.0. The van der Waals surface area contributed by atoms with Crippen LogP contribution in [0.25, 0.3) is 17.2 Å². The van der Waals surface area contributed by atoms with Gasteiger partial charge in [-0.05, 0) is 35.9 Å². The van der Waals surface area contributed by atoms with Crippen molar-refractivity contribution in [2.75, 3.05) is 14.2 Å². The number of ether oxygens (including phenoxy) is 2. The molecule has 0 atom stereocenters. The number of oxazole rings is 1. The molecule has 0 aliphatic rings. The second kappa shape index (κ2) is 7.74. The Labute approximate surface area is 154 Å². The summed E-state index contributed by atoms with van der Waals surface area (Å²) in [4.78, 5) is 36.1. The number of hydrogen-bond acceptors (Lipinski definition) is 6. The van der Waals surface area contributed by atoms with Crippen molar-refractivity contribution >= 4 is 28.9 Å². The number of methoxy groups -OCH3 is 2. The topological polar surface area (TPSA) is 87.7 Å². The van der Waals surface area contributed by atoms with E-state index in [9.17, 15) is 14.4 Å². The van der Waals surface area contributed by atoms with Crippen LogP contribution in [0.1, 0.15) is 15.9 Å². The van der Waals surface area contributed by atoms with Crippen molar-refractivity contribution in [1.29, 1.82) is 0 Å². The Balaban J connectivity index is 1.92. The van der Waals surface area contributed by atoms with Gasteiger partial charge in [-0.3, -0.25) is 14.2 Å². The maximum atomic E-state index is 12.6. The van der Waals surface area contributed by atoms with Crippen LogP contribution in [-0.2, 0) is 16.1 Å². The Bertz CT molecular complexity index is 1070. The van der Waals surface area contributed by atoms with Crippen LogP contribution in [0.5, 0.6) is 5.75 Å². The molecule has 0 aliphatic heterocycles. The summed E-state index contributed by atoms with van der Waals surface area (Å²) >= 11 is 0. The molecule has 0 saturated heterocycles. The summed E-state index contributed by atoms with van der Waals surface area (Å²) in [7, 11) is 2.81. The normalized spacial score (nSPS) is 11.0. The molecule has 27 heavy (non-hydrogen) atoms. The number of nitrogens with zero attached hydrogens (tertiary/aromatic N) is 1. The van der Waals surface area contributed by atoms with Gasteiger partial charge in [0.2, 0.25) is 0 Å². The van der Waals surface area contributed by atoms with E-state index in [-0.39, 0.29) is 23.5 Å². The zero-order valence-corrected chi connectivity index (χ0v) is 14.8. The summed E-state index contributed by atoms with van der Waals surface area (Å²) in [6, 6.07) is 12.0. The van der Waals surface area contributed by atoms with E-state index in [0.717, 1.165) is 15.9 Å². The monoisotopic (exact) mass is 367 g/mol. The van der Waals surface area contributed by atoms with Gasteiger partial charge in [-0.1, -0.05) is 24.3 Å². The average Bonchev–Trinajstić information content (AvgIpc) is 3.01. The quantitative estimate of drug-likeness (QED) is 0.378. The Hall–Kier alpha value is -3.61. The number of aromatic nitrogens is 1. The van der Waals surface area contributed by atoms with Gasteiger partial charge in [0.1, 0.15) is 12.3 Å². The maximum Gasteiger partial charge on any atom is 0.420 e. The number of rotatable bonds is 6. The first-order valence-electron chi connectivity index (χ1n) is 8.09. The third kappa shape index (κ3) is 3.82. The van der Waals surface area contributed by atoms with Gasteiger partial charge in [0.05, 0.1) is 25.3 Å².